The lowest BCUT2D eigenvalue weighted by Crippen LogP contribution is -2.37. The molecule has 0 spiro atoms. The molecule has 0 aliphatic rings. The zero-order chi connectivity index (χ0) is 15.8. The molecule has 2 aromatic rings. The van der Waals surface area contributed by atoms with Crippen LogP contribution in [0.5, 0.6) is 0 Å². The highest BCUT2D eigenvalue weighted by molar-refractivity contribution is 5.79. The van der Waals surface area contributed by atoms with Crippen molar-refractivity contribution in [3.05, 3.63) is 35.4 Å². The topological polar surface area (TPSA) is 128 Å². The molecule has 2 aromatic heterocycles. The molecule has 0 radical (unpaired) electrons. The first-order valence-corrected chi connectivity index (χ1v) is 6.94. The van der Waals surface area contributed by atoms with Gasteiger partial charge in [0.2, 0.25) is 0 Å². The van der Waals surface area contributed by atoms with Crippen LogP contribution in [0, 0.1) is 11.3 Å². The predicted octanol–water partition coefficient (Wildman–Crippen LogP) is 0.754. The van der Waals surface area contributed by atoms with Crippen LogP contribution in [0.25, 0.3) is 0 Å². The molecule has 0 bridgehead atoms. The molecule has 5 N–H and O–H groups in total. The summed E-state index contributed by atoms with van der Waals surface area (Å²) in [5, 5.41) is 22.0. The molecule has 2 heterocycles. The number of aromatic nitrogens is 2. The Labute approximate surface area is 128 Å². The van der Waals surface area contributed by atoms with E-state index in [1.54, 1.807) is 13.3 Å². The minimum absolute atomic E-state index is 0.251. The number of guanidine groups is 1. The van der Waals surface area contributed by atoms with Gasteiger partial charge in [0.05, 0.1) is 18.5 Å². The molecule has 0 saturated heterocycles. The van der Waals surface area contributed by atoms with Gasteiger partial charge in [0, 0.05) is 13.6 Å². The molecule has 0 unspecified atom stereocenters. The maximum absolute atomic E-state index is 8.99. The first kappa shape index (κ1) is 15.4. The number of nitrogens with two attached hydrogens (primary N) is 1. The first-order chi connectivity index (χ1) is 10.7. The van der Waals surface area contributed by atoms with Crippen LogP contribution in [0.2, 0.25) is 0 Å². The average Bonchev–Trinajstić information content (AvgIpc) is 3.16. The Kier molecular flexibility index (Phi) is 5.43. The van der Waals surface area contributed by atoms with E-state index in [1.165, 1.54) is 0 Å². The number of nitriles is 1. The van der Waals surface area contributed by atoms with Gasteiger partial charge in [0.15, 0.2) is 11.8 Å². The molecular weight excluding hydrogens is 282 g/mol. The van der Waals surface area contributed by atoms with Crippen LogP contribution < -0.4 is 16.4 Å². The average molecular weight is 301 g/mol. The Hall–Kier alpha value is -2.95. The van der Waals surface area contributed by atoms with Crippen molar-refractivity contribution in [2.24, 2.45) is 4.99 Å². The van der Waals surface area contributed by atoms with Crippen LogP contribution in [0.4, 0.5) is 5.82 Å². The van der Waals surface area contributed by atoms with Crippen molar-refractivity contribution in [2.45, 2.75) is 19.4 Å². The standard InChI is InChI=1S/C14H19N7O/c1-17-14(19-9-10-4-3-7-22-10)18-6-2-5-12-11(8-15)13(16)21-20-12/h3-4,7H,2,5-6,9H2,1H3,(H3,16,20,21)(H2,17,18,19). The molecule has 22 heavy (non-hydrogen) atoms. The number of aliphatic imine (C=N–C) groups is 1. The minimum Gasteiger partial charge on any atom is -0.467 e. The summed E-state index contributed by atoms with van der Waals surface area (Å²) in [6, 6.07) is 5.79. The molecule has 0 atom stereocenters. The van der Waals surface area contributed by atoms with Gasteiger partial charge in [-0.1, -0.05) is 0 Å². The van der Waals surface area contributed by atoms with Gasteiger partial charge in [0.25, 0.3) is 0 Å². The fourth-order valence-corrected chi connectivity index (χ4v) is 1.98. The zero-order valence-corrected chi connectivity index (χ0v) is 12.4. The number of H-pyrrole nitrogens is 1. The lowest BCUT2D eigenvalue weighted by molar-refractivity contribution is 0.501. The summed E-state index contributed by atoms with van der Waals surface area (Å²) in [5.74, 6) is 1.79. The molecule has 0 aliphatic heterocycles. The molecule has 0 aliphatic carbocycles. The number of rotatable bonds is 6. The van der Waals surface area contributed by atoms with Gasteiger partial charge in [-0.2, -0.15) is 10.4 Å². The summed E-state index contributed by atoms with van der Waals surface area (Å²) < 4.78 is 5.24. The van der Waals surface area contributed by atoms with E-state index in [0.29, 0.717) is 31.0 Å². The van der Waals surface area contributed by atoms with E-state index >= 15 is 0 Å². The largest absolute Gasteiger partial charge is 0.467 e. The molecule has 8 nitrogen and oxygen atoms in total. The lowest BCUT2D eigenvalue weighted by atomic mass is 10.1. The van der Waals surface area contributed by atoms with Gasteiger partial charge >= 0.3 is 0 Å². The Morgan fingerprint density at radius 2 is 2.41 bits per heavy atom. The van der Waals surface area contributed by atoms with Gasteiger partial charge in [-0.3, -0.25) is 10.1 Å². The monoisotopic (exact) mass is 301 g/mol. The number of hydrogen-bond acceptors (Lipinski definition) is 5. The number of hydrogen-bond donors (Lipinski definition) is 4. The summed E-state index contributed by atoms with van der Waals surface area (Å²) in [6.45, 7) is 1.28. The van der Waals surface area contributed by atoms with Crippen LogP contribution in [-0.4, -0.2) is 29.7 Å². The van der Waals surface area contributed by atoms with Crippen LogP contribution in [-0.2, 0) is 13.0 Å². The summed E-state index contributed by atoms with van der Waals surface area (Å²) in [7, 11) is 1.71. The Bertz CT molecular complexity index is 651. The third kappa shape index (κ3) is 4.02. The lowest BCUT2D eigenvalue weighted by Gasteiger charge is -2.10. The highest BCUT2D eigenvalue weighted by Crippen LogP contribution is 2.12. The van der Waals surface area contributed by atoms with E-state index in [9.17, 15) is 0 Å². The number of anilines is 1. The molecule has 0 aromatic carbocycles. The van der Waals surface area contributed by atoms with Crippen molar-refractivity contribution in [3.8, 4) is 6.07 Å². The van der Waals surface area contributed by atoms with Crippen LogP contribution in [0.15, 0.2) is 27.8 Å². The van der Waals surface area contributed by atoms with Crippen molar-refractivity contribution in [3.63, 3.8) is 0 Å². The van der Waals surface area contributed by atoms with Crippen molar-refractivity contribution >= 4 is 11.8 Å². The SMILES string of the molecule is CN=C(NCCCc1[nH]nc(N)c1C#N)NCc1ccco1. The number of furan rings is 1. The maximum Gasteiger partial charge on any atom is 0.191 e. The summed E-state index contributed by atoms with van der Waals surface area (Å²) in [4.78, 5) is 4.13. The number of nitrogens with zero attached hydrogens (tertiary/aromatic N) is 3. The van der Waals surface area contributed by atoms with Crippen LogP contribution in [0.1, 0.15) is 23.4 Å². The Morgan fingerprint density at radius 3 is 3.09 bits per heavy atom. The second-order valence-electron chi connectivity index (χ2n) is 4.61. The fraction of sp³-hybridized carbons (Fsp3) is 0.357. The third-order valence-electron chi connectivity index (χ3n) is 3.11. The van der Waals surface area contributed by atoms with Gasteiger partial charge in [-0.25, -0.2) is 0 Å². The molecular formula is C14H19N7O. The van der Waals surface area contributed by atoms with Crippen molar-refractivity contribution in [1.82, 2.24) is 20.8 Å². The normalized spacial score (nSPS) is 11.2. The number of nitrogens with one attached hydrogen (secondary N) is 3. The molecule has 116 valence electrons. The smallest absolute Gasteiger partial charge is 0.191 e. The quantitative estimate of drug-likeness (QED) is 0.354. The Morgan fingerprint density at radius 1 is 1.55 bits per heavy atom. The predicted molar refractivity (Wildman–Crippen MR) is 82.9 cm³/mol. The summed E-state index contributed by atoms with van der Waals surface area (Å²) in [6.07, 6.45) is 3.14. The van der Waals surface area contributed by atoms with Gasteiger partial charge in [0.1, 0.15) is 17.4 Å². The van der Waals surface area contributed by atoms with Crippen molar-refractivity contribution in [2.75, 3.05) is 19.3 Å². The highest BCUT2D eigenvalue weighted by Gasteiger charge is 2.09. The molecule has 2 rings (SSSR count). The molecule has 0 saturated carbocycles. The Balaban J connectivity index is 1.71. The van der Waals surface area contributed by atoms with E-state index in [-0.39, 0.29) is 5.82 Å². The van der Waals surface area contributed by atoms with E-state index in [0.717, 1.165) is 17.9 Å². The van der Waals surface area contributed by atoms with Crippen molar-refractivity contribution < 1.29 is 4.42 Å². The van der Waals surface area contributed by atoms with Crippen LogP contribution >= 0.6 is 0 Å². The first-order valence-electron chi connectivity index (χ1n) is 6.94. The number of aryl methyl sites for hydroxylation is 1. The maximum atomic E-state index is 8.99. The molecule has 8 heteroatoms. The van der Waals surface area contributed by atoms with Crippen molar-refractivity contribution in [1.29, 1.82) is 5.26 Å². The fourth-order valence-electron chi connectivity index (χ4n) is 1.98. The second kappa shape index (κ2) is 7.73. The van der Waals surface area contributed by atoms with E-state index in [4.69, 9.17) is 15.4 Å². The van der Waals surface area contributed by atoms with E-state index in [2.05, 4.69) is 31.9 Å². The molecule has 0 amide bonds. The van der Waals surface area contributed by atoms with Gasteiger partial charge in [-0.15, -0.1) is 0 Å². The minimum atomic E-state index is 0.251. The number of aromatic amines is 1. The number of nitrogen functional groups attached to an aromatic ring is 1. The third-order valence-corrected chi connectivity index (χ3v) is 3.11. The van der Waals surface area contributed by atoms with Crippen LogP contribution in [0.3, 0.4) is 0 Å². The summed E-state index contributed by atoms with van der Waals surface area (Å²) >= 11 is 0. The zero-order valence-electron chi connectivity index (χ0n) is 12.4. The van der Waals surface area contributed by atoms with E-state index in [1.807, 2.05) is 12.1 Å². The summed E-state index contributed by atoms with van der Waals surface area (Å²) in [5.41, 5.74) is 6.79. The highest BCUT2D eigenvalue weighted by atomic mass is 16.3. The molecule has 0 fully saturated rings. The second-order valence-corrected chi connectivity index (χ2v) is 4.61. The van der Waals surface area contributed by atoms with Gasteiger partial charge in [-0.05, 0) is 25.0 Å². The van der Waals surface area contributed by atoms with E-state index < -0.39 is 0 Å². The van der Waals surface area contributed by atoms with Gasteiger partial charge < -0.3 is 20.8 Å².